The van der Waals surface area contributed by atoms with Gasteiger partial charge >= 0.3 is 0 Å². The lowest BCUT2D eigenvalue weighted by Crippen LogP contribution is -2.25. The molecule has 2 atom stereocenters. The normalized spacial score (nSPS) is 29.9. The summed E-state index contributed by atoms with van der Waals surface area (Å²) in [5, 5.41) is 0. The smallest absolute Gasteiger partial charge is 0.150 e. The molecule has 70 valence electrons. The number of rotatable bonds is 3. The topological polar surface area (TPSA) is 60.4 Å². The van der Waals surface area contributed by atoms with E-state index in [4.69, 9.17) is 4.74 Å². The second-order valence-corrected chi connectivity index (χ2v) is 5.23. The van der Waals surface area contributed by atoms with Crippen LogP contribution in [0.1, 0.15) is 6.42 Å². The Hall–Kier alpha value is -0.420. The first-order valence-corrected chi connectivity index (χ1v) is 5.59. The summed E-state index contributed by atoms with van der Waals surface area (Å²) < 4.78 is 26.9. The second kappa shape index (κ2) is 3.53. The van der Waals surface area contributed by atoms with Crippen LogP contribution in [0.5, 0.6) is 0 Å². The van der Waals surface area contributed by atoms with Gasteiger partial charge < -0.3 is 9.53 Å². The van der Waals surface area contributed by atoms with Crippen molar-refractivity contribution in [1.82, 2.24) is 0 Å². The molecule has 12 heavy (non-hydrogen) atoms. The van der Waals surface area contributed by atoms with E-state index < -0.39 is 15.9 Å². The van der Waals surface area contributed by atoms with E-state index in [1.54, 1.807) is 0 Å². The summed E-state index contributed by atoms with van der Waals surface area (Å²) in [5.41, 5.74) is 0. The number of sulfone groups is 1. The van der Waals surface area contributed by atoms with Gasteiger partial charge in [-0.25, -0.2) is 8.42 Å². The molecule has 1 saturated heterocycles. The minimum absolute atomic E-state index is 0.0875. The van der Waals surface area contributed by atoms with E-state index in [1.807, 2.05) is 0 Å². The highest BCUT2D eigenvalue weighted by Crippen LogP contribution is 2.22. The molecule has 0 aliphatic carbocycles. The highest BCUT2D eigenvalue weighted by molar-refractivity contribution is 7.91. The summed E-state index contributed by atoms with van der Waals surface area (Å²) in [5.74, 6) is 0.132. The van der Waals surface area contributed by atoms with Crippen LogP contribution in [0.4, 0.5) is 0 Å². The van der Waals surface area contributed by atoms with E-state index in [2.05, 4.69) is 0 Å². The largest absolute Gasteiger partial charge is 0.374 e. The SMILES string of the molecule is COC(C=O)C1CCS(=O)(=O)C1. The van der Waals surface area contributed by atoms with Crippen LogP contribution in [0, 0.1) is 5.92 Å². The summed E-state index contributed by atoms with van der Waals surface area (Å²) >= 11 is 0. The highest BCUT2D eigenvalue weighted by atomic mass is 32.2. The molecule has 0 aromatic rings. The molecule has 0 aromatic heterocycles. The van der Waals surface area contributed by atoms with Gasteiger partial charge in [0.2, 0.25) is 0 Å². The Kier molecular flexibility index (Phi) is 2.85. The van der Waals surface area contributed by atoms with E-state index in [0.717, 1.165) is 0 Å². The number of carbonyl (C=O) groups is 1. The lowest BCUT2D eigenvalue weighted by Gasteiger charge is -2.13. The molecule has 0 amide bonds. The van der Waals surface area contributed by atoms with E-state index >= 15 is 0 Å². The van der Waals surface area contributed by atoms with Gasteiger partial charge in [0.05, 0.1) is 11.5 Å². The average Bonchev–Trinajstić information content (AvgIpc) is 2.34. The van der Waals surface area contributed by atoms with Crippen molar-refractivity contribution in [3.8, 4) is 0 Å². The first-order chi connectivity index (χ1) is 5.59. The van der Waals surface area contributed by atoms with Crippen LogP contribution in [0.25, 0.3) is 0 Å². The molecule has 1 fully saturated rings. The maximum atomic E-state index is 11.0. The number of ether oxygens (including phenoxy) is 1. The maximum Gasteiger partial charge on any atom is 0.150 e. The highest BCUT2D eigenvalue weighted by Gasteiger charge is 2.33. The Labute approximate surface area is 71.8 Å². The number of hydrogen-bond acceptors (Lipinski definition) is 4. The van der Waals surface area contributed by atoms with Crippen LogP contribution < -0.4 is 0 Å². The Morgan fingerprint density at radius 3 is 2.58 bits per heavy atom. The Bertz CT molecular complexity index is 257. The number of carbonyl (C=O) groups excluding carboxylic acids is 1. The summed E-state index contributed by atoms with van der Waals surface area (Å²) in [7, 11) is -1.48. The van der Waals surface area contributed by atoms with Crippen molar-refractivity contribution in [3.63, 3.8) is 0 Å². The predicted octanol–water partition coefficient (Wildman–Crippen LogP) is -0.365. The Morgan fingerprint density at radius 2 is 2.25 bits per heavy atom. The van der Waals surface area contributed by atoms with Gasteiger partial charge in [0.1, 0.15) is 12.4 Å². The molecule has 1 aliphatic rings. The molecule has 5 heteroatoms. The molecule has 0 spiro atoms. The summed E-state index contributed by atoms with van der Waals surface area (Å²) in [6.07, 6.45) is 0.660. The number of hydrogen-bond donors (Lipinski definition) is 0. The fraction of sp³-hybridized carbons (Fsp3) is 0.857. The molecule has 0 aromatic carbocycles. The third kappa shape index (κ3) is 2.04. The van der Waals surface area contributed by atoms with Gasteiger partial charge in [0.25, 0.3) is 0 Å². The zero-order chi connectivity index (χ0) is 9.19. The molecule has 0 saturated carbocycles. The molecule has 0 radical (unpaired) electrons. The maximum absolute atomic E-state index is 11.0. The van der Waals surface area contributed by atoms with Gasteiger partial charge in [-0.15, -0.1) is 0 Å². The van der Waals surface area contributed by atoms with Crippen molar-refractivity contribution in [1.29, 1.82) is 0 Å². The van der Waals surface area contributed by atoms with Gasteiger partial charge in [0, 0.05) is 13.0 Å². The van der Waals surface area contributed by atoms with Crippen molar-refractivity contribution in [2.45, 2.75) is 12.5 Å². The van der Waals surface area contributed by atoms with E-state index in [-0.39, 0.29) is 17.4 Å². The third-order valence-corrected chi connectivity index (χ3v) is 3.93. The summed E-state index contributed by atoms with van der Waals surface area (Å²) in [6, 6.07) is 0. The van der Waals surface area contributed by atoms with Crippen LogP contribution >= 0.6 is 0 Å². The van der Waals surface area contributed by atoms with Crippen LogP contribution in [0.15, 0.2) is 0 Å². The van der Waals surface area contributed by atoms with E-state index in [0.29, 0.717) is 12.7 Å². The minimum atomic E-state index is -2.90. The van der Waals surface area contributed by atoms with Crippen molar-refractivity contribution >= 4 is 16.1 Å². The van der Waals surface area contributed by atoms with Crippen LogP contribution in [0.2, 0.25) is 0 Å². The Morgan fingerprint density at radius 1 is 1.58 bits per heavy atom. The second-order valence-electron chi connectivity index (χ2n) is 3.00. The summed E-state index contributed by atoms with van der Waals surface area (Å²) in [4.78, 5) is 10.4. The molecule has 1 rings (SSSR count). The van der Waals surface area contributed by atoms with Crippen LogP contribution in [-0.2, 0) is 19.4 Å². The van der Waals surface area contributed by atoms with Gasteiger partial charge in [-0.3, -0.25) is 0 Å². The zero-order valence-electron chi connectivity index (χ0n) is 6.89. The van der Waals surface area contributed by atoms with Crippen LogP contribution in [-0.4, -0.2) is 39.4 Å². The Balaban J connectivity index is 2.62. The molecule has 0 bridgehead atoms. The van der Waals surface area contributed by atoms with Crippen molar-refractivity contribution in [3.05, 3.63) is 0 Å². The zero-order valence-corrected chi connectivity index (χ0v) is 7.71. The van der Waals surface area contributed by atoms with Crippen molar-refractivity contribution in [2.24, 2.45) is 5.92 Å². The minimum Gasteiger partial charge on any atom is -0.374 e. The fourth-order valence-corrected chi connectivity index (χ4v) is 3.28. The fourth-order valence-electron chi connectivity index (χ4n) is 1.44. The molecule has 2 unspecified atom stereocenters. The number of methoxy groups -OCH3 is 1. The lowest BCUT2D eigenvalue weighted by molar-refractivity contribution is -0.118. The van der Waals surface area contributed by atoms with Gasteiger partial charge in [-0.05, 0) is 6.42 Å². The molecule has 1 aliphatic heterocycles. The van der Waals surface area contributed by atoms with Gasteiger partial charge in [-0.1, -0.05) is 0 Å². The molecular formula is C7H12O4S. The average molecular weight is 192 g/mol. The first-order valence-electron chi connectivity index (χ1n) is 3.77. The first kappa shape index (κ1) is 9.67. The third-order valence-electron chi connectivity index (χ3n) is 2.14. The predicted molar refractivity (Wildman–Crippen MR) is 43.6 cm³/mol. The van der Waals surface area contributed by atoms with Crippen LogP contribution in [0.3, 0.4) is 0 Å². The van der Waals surface area contributed by atoms with E-state index in [9.17, 15) is 13.2 Å². The van der Waals surface area contributed by atoms with Crippen molar-refractivity contribution < 1.29 is 17.9 Å². The molecule has 1 heterocycles. The molecular weight excluding hydrogens is 180 g/mol. The summed E-state index contributed by atoms with van der Waals surface area (Å²) in [6.45, 7) is 0. The standard InChI is InChI=1S/C7H12O4S/c1-11-7(4-8)6-2-3-12(9,10)5-6/h4,6-7H,2-3,5H2,1H3. The molecule has 4 nitrogen and oxygen atoms in total. The van der Waals surface area contributed by atoms with Crippen molar-refractivity contribution in [2.75, 3.05) is 18.6 Å². The number of aldehydes is 1. The van der Waals surface area contributed by atoms with Gasteiger partial charge in [0.15, 0.2) is 9.84 Å². The van der Waals surface area contributed by atoms with Gasteiger partial charge in [-0.2, -0.15) is 0 Å². The quantitative estimate of drug-likeness (QED) is 0.573. The lowest BCUT2D eigenvalue weighted by atomic mass is 10.0. The van der Waals surface area contributed by atoms with E-state index in [1.165, 1.54) is 7.11 Å². The monoisotopic (exact) mass is 192 g/mol. The molecule has 0 N–H and O–H groups in total.